The lowest BCUT2D eigenvalue weighted by Gasteiger charge is -2.28. The van der Waals surface area contributed by atoms with Crippen LogP contribution in [-0.4, -0.2) is 34.4 Å². The molecule has 0 radical (unpaired) electrons. The van der Waals surface area contributed by atoms with Gasteiger partial charge in [-0.1, -0.05) is 18.9 Å². The summed E-state index contributed by atoms with van der Waals surface area (Å²) in [5.41, 5.74) is 1.12. The minimum Gasteiger partial charge on any atom is -0.478 e. The summed E-state index contributed by atoms with van der Waals surface area (Å²) in [6.07, 6.45) is 2.88. The first-order chi connectivity index (χ1) is 9.99. The van der Waals surface area contributed by atoms with Crippen LogP contribution in [0.1, 0.15) is 41.6 Å². The number of hydrogen-bond donors (Lipinski definition) is 4. The van der Waals surface area contributed by atoms with E-state index in [9.17, 15) is 14.7 Å². The molecule has 1 saturated carbocycles. The van der Waals surface area contributed by atoms with Gasteiger partial charge in [0.05, 0.1) is 17.7 Å². The highest BCUT2D eigenvalue weighted by Crippen LogP contribution is 2.20. The second kappa shape index (κ2) is 6.58. The Bertz CT molecular complexity index is 544. The number of benzene rings is 1. The summed E-state index contributed by atoms with van der Waals surface area (Å²) in [4.78, 5) is 23.0. The molecule has 0 saturated heterocycles. The summed E-state index contributed by atoms with van der Waals surface area (Å²) in [6, 6.07) is 4.06. The molecule has 6 heteroatoms. The number of carbonyl (C=O) groups excluding carboxylic acids is 1. The third-order valence-electron chi connectivity index (χ3n) is 3.86. The molecule has 0 spiro atoms. The maximum Gasteiger partial charge on any atom is 0.336 e. The molecule has 1 aromatic carbocycles. The van der Waals surface area contributed by atoms with Crippen molar-refractivity contribution in [2.24, 2.45) is 0 Å². The van der Waals surface area contributed by atoms with Crippen LogP contribution < -0.4 is 10.6 Å². The monoisotopic (exact) mass is 292 g/mol. The molecular formula is C15H20N2O4. The molecule has 2 rings (SSSR count). The SMILES string of the molecule is Cc1c(NC(=O)NC2CCCCC2O)cccc1C(=O)O. The van der Waals surface area contributed by atoms with Crippen LogP contribution in [0.25, 0.3) is 0 Å². The fourth-order valence-corrected chi connectivity index (χ4v) is 2.61. The number of nitrogens with one attached hydrogen (secondary N) is 2. The predicted molar refractivity (Wildman–Crippen MR) is 78.6 cm³/mol. The van der Waals surface area contributed by atoms with Crippen LogP contribution in [0.15, 0.2) is 18.2 Å². The molecule has 0 heterocycles. The van der Waals surface area contributed by atoms with Gasteiger partial charge in [-0.15, -0.1) is 0 Å². The van der Waals surface area contributed by atoms with Gasteiger partial charge in [-0.2, -0.15) is 0 Å². The van der Waals surface area contributed by atoms with Crippen molar-refractivity contribution in [3.8, 4) is 0 Å². The van der Waals surface area contributed by atoms with Crippen LogP contribution in [0.4, 0.5) is 10.5 Å². The third kappa shape index (κ3) is 3.72. The first-order valence-corrected chi connectivity index (χ1v) is 7.07. The van der Waals surface area contributed by atoms with Crippen LogP contribution in [-0.2, 0) is 0 Å². The zero-order valence-corrected chi connectivity index (χ0v) is 11.9. The highest BCUT2D eigenvalue weighted by Gasteiger charge is 2.24. The lowest BCUT2D eigenvalue weighted by Crippen LogP contribution is -2.46. The fourth-order valence-electron chi connectivity index (χ4n) is 2.61. The molecule has 4 N–H and O–H groups in total. The van der Waals surface area contributed by atoms with Crippen molar-refractivity contribution in [3.63, 3.8) is 0 Å². The van der Waals surface area contributed by atoms with Crippen molar-refractivity contribution >= 4 is 17.7 Å². The van der Waals surface area contributed by atoms with Crippen molar-refractivity contribution in [2.45, 2.75) is 44.8 Å². The number of aliphatic hydroxyl groups excluding tert-OH is 1. The Balaban J connectivity index is 2.02. The molecule has 1 fully saturated rings. The van der Waals surface area contributed by atoms with E-state index in [-0.39, 0.29) is 11.6 Å². The van der Waals surface area contributed by atoms with E-state index in [1.807, 2.05) is 0 Å². The van der Waals surface area contributed by atoms with E-state index in [2.05, 4.69) is 10.6 Å². The number of anilines is 1. The molecule has 1 aromatic rings. The predicted octanol–water partition coefficient (Wildman–Crippen LogP) is 2.12. The molecule has 1 aliphatic carbocycles. The Labute approximate surface area is 123 Å². The van der Waals surface area contributed by atoms with E-state index < -0.39 is 18.1 Å². The van der Waals surface area contributed by atoms with Crippen molar-refractivity contribution in [3.05, 3.63) is 29.3 Å². The van der Waals surface area contributed by atoms with E-state index in [1.54, 1.807) is 19.1 Å². The van der Waals surface area contributed by atoms with Gasteiger partial charge in [0.2, 0.25) is 0 Å². The lowest BCUT2D eigenvalue weighted by molar-refractivity contribution is 0.0696. The van der Waals surface area contributed by atoms with Gasteiger partial charge in [-0.25, -0.2) is 9.59 Å². The van der Waals surface area contributed by atoms with Gasteiger partial charge in [-0.3, -0.25) is 0 Å². The van der Waals surface area contributed by atoms with Gasteiger partial charge in [0.15, 0.2) is 0 Å². The van der Waals surface area contributed by atoms with Crippen LogP contribution in [0.5, 0.6) is 0 Å². The number of amides is 2. The maximum atomic E-state index is 12.0. The van der Waals surface area contributed by atoms with Crippen molar-refractivity contribution in [1.82, 2.24) is 5.32 Å². The van der Waals surface area contributed by atoms with Crippen LogP contribution >= 0.6 is 0 Å². The lowest BCUT2D eigenvalue weighted by atomic mass is 9.93. The quantitative estimate of drug-likeness (QED) is 0.685. The average molecular weight is 292 g/mol. The second-order valence-electron chi connectivity index (χ2n) is 5.34. The molecule has 0 aromatic heterocycles. The molecule has 2 amide bonds. The molecule has 2 unspecified atom stereocenters. The molecule has 6 nitrogen and oxygen atoms in total. The largest absolute Gasteiger partial charge is 0.478 e. The highest BCUT2D eigenvalue weighted by atomic mass is 16.4. The molecule has 2 atom stereocenters. The molecule has 1 aliphatic rings. The van der Waals surface area contributed by atoms with Gasteiger partial charge in [0, 0.05) is 5.69 Å². The molecular weight excluding hydrogens is 272 g/mol. The Morgan fingerprint density at radius 2 is 1.95 bits per heavy atom. The van der Waals surface area contributed by atoms with E-state index in [1.165, 1.54) is 6.07 Å². The third-order valence-corrected chi connectivity index (χ3v) is 3.86. The van der Waals surface area contributed by atoms with Crippen molar-refractivity contribution in [2.75, 3.05) is 5.32 Å². The molecule has 0 bridgehead atoms. The first kappa shape index (κ1) is 15.3. The summed E-state index contributed by atoms with van der Waals surface area (Å²) < 4.78 is 0. The van der Waals surface area contributed by atoms with Gasteiger partial charge in [0.1, 0.15) is 0 Å². The standard InChI is InChI=1S/C15H20N2O4/c1-9-10(14(19)20)5-4-7-11(9)16-15(21)17-12-6-2-3-8-13(12)18/h4-5,7,12-13,18H,2-3,6,8H2,1H3,(H,19,20)(H2,16,17,21). The Hall–Kier alpha value is -2.08. The van der Waals surface area contributed by atoms with Gasteiger partial charge >= 0.3 is 12.0 Å². The second-order valence-corrected chi connectivity index (χ2v) is 5.34. The Kier molecular flexibility index (Phi) is 4.80. The Morgan fingerprint density at radius 3 is 2.62 bits per heavy atom. The number of aromatic carboxylic acids is 1. The van der Waals surface area contributed by atoms with Crippen molar-refractivity contribution in [1.29, 1.82) is 0 Å². The topological polar surface area (TPSA) is 98.7 Å². The zero-order valence-electron chi connectivity index (χ0n) is 11.9. The van der Waals surface area contributed by atoms with Gasteiger partial charge < -0.3 is 20.8 Å². The summed E-state index contributed by atoms with van der Waals surface area (Å²) in [5, 5.41) is 24.3. The summed E-state index contributed by atoms with van der Waals surface area (Å²) in [5.74, 6) is -1.03. The van der Waals surface area contributed by atoms with Gasteiger partial charge in [0.25, 0.3) is 0 Å². The number of carbonyl (C=O) groups is 2. The fraction of sp³-hybridized carbons (Fsp3) is 0.467. The number of rotatable bonds is 3. The summed E-state index contributed by atoms with van der Waals surface area (Å²) >= 11 is 0. The number of carboxylic acids is 1. The molecule has 114 valence electrons. The summed E-state index contributed by atoms with van der Waals surface area (Å²) in [7, 11) is 0. The number of urea groups is 1. The maximum absolute atomic E-state index is 12.0. The van der Waals surface area contributed by atoms with E-state index in [0.29, 0.717) is 17.7 Å². The van der Waals surface area contributed by atoms with E-state index >= 15 is 0 Å². The highest BCUT2D eigenvalue weighted by molar-refractivity contribution is 5.95. The zero-order chi connectivity index (χ0) is 15.4. The first-order valence-electron chi connectivity index (χ1n) is 7.07. The molecule has 0 aliphatic heterocycles. The normalized spacial score (nSPS) is 21.6. The van der Waals surface area contributed by atoms with Crippen LogP contribution in [0, 0.1) is 6.92 Å². The van der Waals surface area contributed by atoms with Crippen molar-refractivity contribution < 1.29 is 19.8 Å². The number of carboxylic acid groups (broad SMARTS) is 1. The van der Waals surface area contributed by atoms with Crippen LogP contribution in [0.2, 0.25) is 0 Å². The van der Waals surface area contributed by atoms with E-state index in [4.69, 9.17) is 5.11 Å². The average Bonchev–Trinajstić information content (AvgIpc) is 2.43. The van der Waals surface area contributed by atoms with E-state index in [0.717, 1.165) is 19.3 Å². The number of aliphatic hydroxyl groups is 1. The summed E-state index contributed by atoms with van der Waals surface area (Å²) in [6.45, 7) is 1.65. The minimum atomic E-state index is -1.03. The van der Waals surface area contributed by atoms with Gasteiger partial charge in [-0.05, 0) is 37.5 Å². The van der Waals surface area contributed by atoms with Crippen LogP contribution in [0.3, 0.4) is 0 Å². The molecule has 21 heavy (non-hydrogen) atoms. The minimum absolute atomic E-state index is 0.158. The Morgan fingerprint density at radius 1 is 1.24 bits per heavy atom. The number of hydrogen-bond acceptors (Lipinski definition) is 3. The smallest absolute Gasteiger partial charge is 0.336 e.